The Morgan fingerprint density at radius 1 is 1.26 bits per heavy atom. The van der Waals surface area contributed by atoms with E-state index in [1.165, 1.54) is 0 Å². The molecular formula is C22H25N5O2S2. The maximum absolute atomic E-state index is 12.5. The molecule has 0 spiro atoms. The van der Waals surface area contributed by atoms with Gasteiger partial charge in [-0.3, -0.25) is 4.98 Å². The number of thiophene rings is 1. The smallest absolute Gasteiger partial charge is 0.268 e. The lowest BCUT2D eigenvalue weighted by molar-refractivity contribution is 0.433. The predicted molar refractivity (Wildman–Crippen MR) is 124 cm³/mol. The summed E-state index contributed by atoms with van der Waals surface area (Å²) in [5.74, 6) is 1.57. The molecule has 0 saturated carbocycles. The molecule has 3 aromatic heterocycles. The summed E-state index contributed by atoms with van der Waals surface area (Å²) in [6.07, 6.45) is 8.57. The monoisotopic (exact) mass is 455 g/mol. The highest BCUT2D eigenvalue weighted by Crippen LogP contribution is 2.32. The molecule has 2 atom stereocenters. The van der Waals surface area contributed by atoms with Crippen LogP contribution < -0.4 is 0 Å². The van der Waals surface area contributed by atoms with E-state index in [0.717, 1.165) is 39.7 Å². The van der Waals surface area contributed by atoms with Gasteiger partial charge in [-0.15, -0.1) is 21.5 Å². The molecule has 0 aliphatic heterocycles. The first-order valence-electron chi connectivity index (χ1n) is 10.1. The molecule has 0 saturated heterocycles. The number of nitrogens with zero attached hydrogens (tertiary/aromatic N) is 5. The number of hydrogen-bond donors (Lipinski definition) is 0. The Morgan fingerprint density at radius 2 is 2.06 bits per heavy atom. The molecule has 0 N–H and O–H groups in total. The van der Waals surface area contributed by atoms with Crippen LogP contribution in [0.15, 0.2) is 45.2 Å². The van der Waals surface area contributed by atoms with Gasteiger partial charge in [0, 0.05) is 18.7 Å². The van der Waals surface area contributed by atoms with E-state index in [1.54, 1.807) is 17.5 Å². The second kappa shape index (κ2) is 9.44. The first-order chi connectivity index (χ1) is 14.9. The molecule has 0 fully saturated rings. The van der Waals surface area contributed by atoms with Crippen LogP contribution in [0, 0.1) is 13.8 Å². The van der Waals surface area contributed by atoms with Crippen molar-refractivity contribution >= 4 is 22.5 Å². The molecule has 9 heteroatoms. The lowest BCUT2D eigenvalue weighted by Crippen LogP contribution is -2.23. The molecule has 1 aliphatic carbocycles. The number of aromatic nitrogens is 4. The number of allylic oxidation sites excluding steroid dienone is 3. The minimum atomic E-state index is -0.986. The van der Waals surface area contributed by atoms with Crippen molar-refractivity contribution in [2.75, 3.05) is 26.4 Å². The van der Waals surface area contributed by atoms with Crippen molar-refractivity contribution in [3.63, 3.8) is 0 Å². The maximum Gasteiger partial charge on any atom is 0.268 e. The van der Waals surface area contributed by atoms with Crippen LogP contribution in [0.5, 0.6) is 0 Å². The van der Waals surface area contributed by atoms with E-state index >= 15 is 0 Å². The van der Waals surface area contributed by atoms with Gasteiger partial charge in [-0.25, -0.2) is 4.98 Å². The largest absolute Gasteiger partial charge is 0.611 e. The van der Waals surface area contributed by atoms with Gasteiger partial charge in [0.15, 0.2) is 0 Å². The van der Waals surface area contributed by atoms with E-state index in [0.29, 0.717) is 23.2 Å². The third-order valence-corrected chi connectivity index (χ3v) is 7.48. The summed E-state index contributed by atoms with van der Waals surface area (Å²) in [7, 11) is 3.97. The standard InChI is InChI=1S/C22H25N5O2S2/c1-14-9-11-30-20(14)22-26-25-21(29-22)19-15(2)23-13-18(24-19)16-5-7-17(8-6-16)31(28)12-10-27(3)4/h5,7-9,11,13,16H,6,10,12H2,1-4H3. The fourth-order valence-electron chi connectivity index (χ4n) is 3.22. The van der Waals surface area contributed by atoms with Gasteiger partial charge in [0.1, 0.15) is 16.4 Å². The Morgan fingerprint density at radius 3 is 2.74 bits per heavy atom. The molecule has 162 valence electrons. The SMILES string of the molecule is Cc1ccsc1-c1nnc(-c2nc(C3C=CC([S+]([O-])CCN(C)C)=CC3)cnc2C)o1. The van der Waals surface area contributed by atoms with Gasteiger partial charge >= 0.3 is 0 Å². The Hall–Kier alpha value is -2.33. The molecule has 7 nitrogen and oxygen atoms in total. The first kappa shape index (κ1) is 21.9. The van der Waals surface area contributed by atoms with Gasteiger partial charge in [0.2, 0.25) is 0 Å². The van der Waals surface area contributed by atoms with Crippen molar-refractivity contribution in [3.8, 4) is 22.4 Å². The van der Waals surface area contributed by atoms with Crippen molar-refractivity contribution in [3.05, 3.63) is 57.7 Å². The summed E-state index contributed by atoms with van der Waals surface area (Å²) >= 11 is 0.587. The van der Waals surface area contributed by atoms with Crippen LogP contribution in [0.25, 0.3) is 22.4 Å². The third kappa shape index (κ3) is 4.95. The average Bonchev–Trinajstić information content (AvgIpc) is 3.41. The van der Waals surface area contributed by atoms with Crippen LogP contribution in [0.1, 0.15) is 29.3 Å². The average molecular weight is 456 g/mol. The molecule has 3 heterocycles. The Bertz CT molecular complexity index is 1120. The van der Waals surface area contributed by atoms with Crippen molar-refractivity contribution in [1.29, 1.82) is 0 Å². The Kier molecular flexibility index (Phi) is 6.66. The summed E-state index contributed by atoms with van der Waals surface area (Å²) < 4.78 is 18.4. The van der Waals surface area contributed by atoms with E-state index in [4.69, 9.17) is 9.40 Å². The van der Waals surface area contributed by atoms with Crippen LogP contribution in [-0.2, 0) is 11.2 Å². The third-order valence-electron chi connectivity index (χ3n) is 5.09. The summed E-state index contributed by atoms with van der Waals surface area (Å²) in [4.78, 5) is 13.2. The fraction of sp³-hybridized carbons (Fsp3) is 0.364. The van der Waals surface area contributed by atoms with E-state index < -0.39 is 11.2 Å². The fourth-order valence-corrected chi connectivity index (χ4v) is 5.34. The number of hydrogen-bond acceptors (Lipinski definition) is 8. The van der Waals surface area contributed by atoms with Crippen LogP contribution in [-0.4, -0.2) is 56.0 Å². The molecule has 3 aromatic rings. The van der Waals surface area contributed by atoms with Crippen LogP contribution in [0.2, 0.25) is 0 Å². The van der Waals surface area contributed by atoms with Gasteiger partial charge in [0.05, 0.1) is 16.3 Å². The highest BCUT2D eigenvalue weighted by atomic mass is 32.2. The summed E-state index contributed by atoms with van der Waals surface area (Å²) in [6.45, 7) is 4.70. The second-order valence-corrected chi connectivity index (χ2v) is 10.2. The van der Waals surface area contributed by atoms with E-state index in [2.05, 4.69) is 21.3 Å². The molecule has 0 amide bonds. The zero-order chi connectivity index (χ0) is 22.0. The lowest BCUT2D eigenvalue weighted by Gasteiger charge is -2.19. The van der Waals surface area contributed by atoms with E-state index in [-0.39, 0.29) is 5.92 Å². The van der Waals surface area contributed by atoms with Crippen molar-refractivity contribution < 1.29 is 8.97 Å². The predicted octanol–water partition coefficient (Wildman–Crippen LogP) is 4.11. The normalized spacial score (nSPS) is 17.2. The molecule has 1 aliphatic rings. The Balaban J connectivity index is 1.51. The molecular weight excluding hydrogens is 430 g/mol. The van der Waals surface area contributed by atoms with Crippen molar-refractivity contribution in [1.82, 2.24) is 25.1 Å². The summed E-state index contributed by atoms with van der Waals surface area (Å²) in [6, 6.07) is 2.03. The van der Waals surface area contributed by atoms with Gasteiger partial charge < -0.3 is 13.9 Å². The topological polar surface area (TPSA) is 91.0 Å². The molecule has 31 heavy (non-hydrogen) atoms. The highest BCUT2D eigenvalue weighted by Gasteiger charge is 2.22. The van der Waals surface area contributed by atoms with Gasteiger partial charge in [-0.05, 0) is 74.7 Å². The van der Waals surface area contributed by atoms with Crippen LogP contribution in [0.3, 0.4) is 0 Å². The van der Waals surface area contributed by atoms with Crippen LogP contribution >= 0.6 is 11.3 Å². The second-order valence-electron chi connectivity index (χ2n) is 7.73. The highest BCUT2D eigenvalue weighted by molar-refractivity contribution is 7.95. The quantitative estimate of drug-likeness (QED) is 0.495. The molecule has 0 bridgehead atoms. The van der Waals surface area contributed by atoms with E-state index in [9.17, 15) is 4.55 Å². The maximum atomic E-state index is 12.5. The molecule has 4 rings (SSSR count). The molecule has 0 aromatic carbocycles. The minimum absolute atomic E-state index is 0.0726. The Labute approximate surface area is 189 Å². The molecule has 2 unspecified atom stereocenters. The summed E-state index contributed by atoms with van der Waals surface area (Å²) in [5.41, 5.74) is 3.28. The zero-order valence-electron chi connectivity index (χ0n) is 18.0. The first-order valence-corrected chi connectivity index (χ1v) is 12.3. The van der Waals surface area contributed by atoms with Crippen molar-refractivity contribution in [2.24, 2.45) is 0 Å². The zero-order valence-corrected chi connectivity index (χ0v) is 19.7. The van der Waals surface area contributed by atoms with Gasteiger partial charge in [0.25, 0.3) is 11.8 Å². The summed E-state index contributed by atoms with van der Waals surface area (Å²) in [5, 5.41) is 10.4. The van der Waals surface area contributed by atoms with Gasteiger partial charge in [-0.2, -0.15) is 0 Å². The lowest BCUT2D eigenvalue weighted by atomic mass is 9.97. The minimum Gasteiger partial charge on any atom is -0.611 e. The van der Waals surface area contributed by atoms with Crippen molar-refractivity contribution in [2.45, 2.75) is 26.2 Å². The number of rotatable bonds is 7. The molecule has 0 radical (unpaired) electrons. The number of aryl methyl sites for hydroxylation is 2. The van der Waals surface area contributed by atoms with Crippen LogP contribution in [0.4, 0.5) is 0 Å². The van der Waals surface area contributed by atoms with Gasteiger partial charge in [-0.1, -0.05) is 6.08 Å². The van der Waals surface area contributed by atoms with E-state index in [1.807, 2.05) is 56.4 Å².